The molecule has 1 aromatic heterocycles. The highest BCUT2D eigenvalue weighted by molar-refractivity contribution is 5.79. The van der Waals surface area contributed by atoms with E-state index >= 15 is 0 Å². The van der Waals surface area contributed by atoms with Gasteiger partial charge < -0.3 is 18.6 Å². The number of ether oxygens (including phenoxy) is 3. The van der Waals surface area contributed by atoms with Crippen molar-refractivity contribution in [3.05, 3.63) is 93.3 Å². The molecule has 0 saturated heterocycles. The van der Waals surface area contributed by atoms with Crippen LogP contribution in [0.1, 0.15) is 22.5 Å². The third-order valence-corrected chi connectivity index (χ3v) is 5.26. The SMILES string of the molecule is COc1ccc(Oc2c(C(F)(F)F)oc3cc(OCc4cc(C)ccc4C)ccc3c2=O)cc1. The fourth-order valence-electron chi connectivity index (χ4n) is 3.40. The minimum Gasteiger partial charge on any atom is -0.497 e. The van der Waals surface area contributed by atoms with E-state index in [4.69, 9.17) is 18.6 Å². The van der Waals surface area contributed by atoms with E-state index in [0.717, 1.165) is 16.7 Å². The van der Waals surface area contributed by atoms with Crippen LogP contribution in [-0.2, 0) is 12.8 Å². The van der Waals surface area contributed by atoms with Gasteiger partial charge >= 0.3 is 6.18 Å². The zero-order valence-electron chi connectivity index (χ0n) is 18.7. The first-order chi connectivity index (χ1) is 16.2. The van der Waals surface area contributed by atoms with Gasteiger partial charge in [-0.15, -0.1) is 0 Å². The minimum absolute atomic E-state index is 0.0337. The van der Waals surface area contributed by atoms with E-state index in [1.807, 2.05) is 32.0 Å². The maximum Gasteiger partial charge on any atom is 0.453 e. The lowest BCUT2D eigenvalue weighted by Crippen LogP contribution is -2.15. The minimum atomic E-state index is -4.95. The summed E-state index contributed by atoms with van der Waals surface area (Å²) in [5.41, 5.74) is 1.84. The summed E-state index contributed by atoms with van der Waals surface area (Å²) in [4.78, 5) is 12.9. The second-order valence-corrected chi connectivity index (χ2v) is 7.74. The first kappa shape index (κ1) is 23.2. The Morgan fingerprint density at radius 1 is 0.882 bits per heavy atom. The molecule has 0 amide bonds. The summed E-state index contributed by atoms with van der Waals surface area (Å²) in [5.74, 6) is -1.66. The Morgan fingerprint density at radius 2 is 1.56 bits per heavy atom. The van der Waals surface area contributed by atoms with E-state index in [1.165, 1.54) is 49.6 Å². The summed E-state index contributed by atoms with van der Waals surface area (Å²) < 4.78 is 62.5. The molecular formula is C26H21F3O5. The second-order valence-electron chi connectivity index (χ2n) is 7.74. The molecule has 0 atom stereocenters. The average molecular weight is 470 g/mol. The Balaban J connectivity index is 1.70. The van der Waals surface area contributed by atoms with Crippen molar-refractivity contribution in [1.82, 2.24) is 0 Å². The Hall–Kier alpha value is -3.94. The number of hydrogen-bond acceptors (Lipinski definition) is 5. The monoisotopic (exact) mass is 470 g/mol. The fraction of sp³-hybridized carbons (Fsp3) is 0.192. The van der Waals surface area contributed by atoms with Crippen LogP contribution in [0.15, 0.2) is 69.9 Å². The lowest BCUT2D eigenvalue weighted by Gasteiger charge is -2.14. The second kappa shape index (κ2) is 9.13. The van der Waals surface area contributed by atoms with Gasteiger partial charge in [-0.3, -0.25) is 4.79 Å². The highest BCUT2D eigenvalue weighted by atomic mass is 19.4. The molecule has 0 saturated carbocycles. The molecule has 0 spiro atoms. The molecule has 0 N–H and O–H groups in total. The quantitative estimate of drug-likeness (QED) is 0.310. The smallest absolute Gasteiger partial charge is 0.453 e. The van der Waals surface area contributed by atoms with Crippen molar-refractivity contribution < 1.29 is 31.8 Å². The molecule has 5 nitrogen and oxygen atoms in total. The van der Waals surface area contributed by atoms with Gasteiger partial charge in [-0.25, -0.2) is 0 Å². The van der Waals surface area contributed by atoms with Crippen molar-refractivity contribution in [1.29, 1.82) is 0 Å². The Kier molecular flexibility index (Phi) is 6.24. The van der Waals surface area contributed by atoms with E-state index in [1.54, 1.807) is 0 Å². The van der Waals surface area contributed by atoms with Crippen LogP contribution in [0.4, 0.5) is 13.2 Å². The number of methoxy groups -OCH3 is 1. The number of aryl methyl sites for hydroxylation is 2. The molecule has 3 aromatic carbocycles. The third kappa shape index (κ3) is 4.85. The number of benzene rings is 3. The number of rotatable bonds is 6. The van der Waals surface area contributed by atoms with Crippen LogP contribution < -0.4 is 19.6 Å². The van der Waals surface area contributed by atoms with Crippen molar-refractivity contribution in [2.45, 2.75) is 26.6 Å². The molecule has 1 heterocycles. The van der Waals surface area contributed by atoms with Gasteiger partial charge in [0.2, 0.25) is 11.2 Å². The molecule has 8 heteroatoms. The zero-order valence-corrected chi connectivity index (χ0v) is 18.7. The highest BCUT2D eigenvalue weighted by Crippen LogP contribution is 2.39. The molecule has 4 rings (SSSR count). The molecule has 0 radical (unpaired) electrons. The van der Waals surface area contributed by atoms with Crippen LogP contribution >= 0.6 is 0 Å². The highest BCUT2D eigenvalue weighted by Gasteiger charge is 2.40. The van der Waals surface area contributed by atoms with Crippen LogP contribution in [0.25, 0.3) is 11.0 Å². The standard InChI is InChI=1S/C26H21F3O5/c1-15-4-5-16(2)17(12-15)14-32-20-10-11-21-22(13-20)34-25(26(27,28)29)24(23(21)30)33-19-8-6-18(31-3)7-9-19/h4-13H,14H2,1-3H3. The van der Waals surface area contributed by atoms with Gasteiger partial charge in [0.05, 0.1) is 12.5 Å². The Morgan fingerprint density at radius 3 is 2.24 bits per heavy atom. The van der Waals surface area contributed by atoms with Crippen LogP contribution in [0.2, 0.25) is 0 Å². The normalized spacial score (nSPS) is 11.5. The van der Waals surface area contributed by atoms with Gasteiger partial charge in [0.15, 0.2) is 0 Å². The van der Waals surface area contributed by atoms with E-state index < -0.39 is 23.1 Å². The van der Waals surface area contributed by atoms with E-state index in [0.29, 0.717) is 5.75 Å². The molecular weight excluding hydrogens is 449 g/mol. The van der Waals surface area contributed by atoms with Crippen LogP contribution in [-0.4, -0.2) is 7.11 Å². The van der Waals surface area contributed by atoms with Crippen molar-refractivity contribution in [3.63, 3.8) is 0 Å². The largest absolute Gasteiger partial charge is 0.497 e. The summed E-state index contributed by atoms with van der Waals surface area (Å²) in [6.07, 6.45) is -4.95. The van der Waals surface area contributed by atoms with Crippen molar-refractivity contribution in [3.8, 4) is 23.0 Å². The average Bonchev–Trinajstić information content (AvgIpc) is 2.81. The molecule has 0 aliphatic carbocycles. The van der Waals surface area contributed by atoms with Gasteiger partial charge in [0.25, 0.3) is 5.76 Å². The van der Waals surface area contributed by atoms with Crippen molar-refractivity contribution >= 4 is 11.0 Å². The van der Waals surface area contributed by atoms with Gasteiger partial charge in [0, 0.05) is 6.07 Å². The molecule has 0 unspecified atom stereocenters. The van der Waals surface area contributed by atoms with E-state index in [2.05, 4.69) is 0 Å². The number of alkyl halides is 3. The lowest BCUT2D eigenvalue weighted by molar-refractivity contribution is -0.154. The molecule has 34 heavy (non-hydrogen) atoms. The summed E-state index contributed by atoms with van der Waals surface area (Å²) in [6.45, 7) is 4.11. The van der Waals surface area contributed by atoms with E-state index in [9.17, 15) is 18.0 Å². The molecule has 0 aliphatic heterocycles. The topological polar surface area (TPSA) is 57.9 Å². The molecule has 4 aromatic rings. The number of halogens is 3. The lowest BCUT2D eigenvalue weighted by atomic mass is 10.1. The first-order valence-electron chi connectivity index (χ1n) is 10.3. The summed E-state index contributed by atoms with van der Waals surface area (Å²) >= 11 is 0. The maximum atomic E-state index is 13.8. The molecule has 0 aliphatic rings. The third-order valence-electron chi connectivity index (χ3n) is 5.26. The first-order valence-corrected chi connectivity index (χ1v) is 10.3. The molecule has 176 valence electrons. The van der Waals surface area contributed by atoms with Crippen molar-refractivity contribution in [2.24, 2.45) is 0 Å². The summed E-state index contributed by atoms with van der Waals surface area (Å²) in [7, 11) is 1.45. The van der Waals surface area contributed by atoms with Crippen LogP contribution in [0.3, 0.4) is 0 Å². The molecule has 0 bridgehead atoms. The van der Waals surface area contributed by atoms with Crippen molar-refractivity contribution in [2.75, 3.05) is 7.11 Å². The Bertz CT molecular complexity index is 1390. The predicted octanol–water partition coefficient (Wildman–Crippen LogP) is 6.81. The molecule has 0 fully saturated rings. The number of hydrogen-bond donors (Lipinski definition) is 0. The van der Waals surface area contributed by atoms with Crippen LogP contribution in [0.5, 0.6) is 23.0 Å². The number of fused-ring (bicyclic) bond motifs is 1. The fourth-order valence-corrected chi connectivity index (χ4v) is 3.40. The summed E-state index contributed by atoms with van der Waals surface area (Å²) in [5, 5.41) is -0.0596. The van der Waals surface area contributed by atoms with Crippen LogP contribution in [0, 0.1) is 13.8 Å². The van der Waals surface area contributed by atoms with Gasteiger partial charge in [0.1, 0.15) is 29.4 Å². The zero-order chi connectivity index (χ0) is 24.5. The van der Waals surface area contributed by atoms with E-state index in [-0.39, 0.29) is 29.1 Å². The van der Waals surface area contributed by atoms with Gasteiger partial charge in [-0.05, 0) is 61.4 Å². The predicted molar refractivity (Wildman–Crippen MR) is 121 cm³/mol. The Labute approximate surface area is 193 Å². The summed E-state index contributed by atoms with van der Waals surface area (Å²) in [6, 6.07) is 15.9. The maximum absolute atomic E-state index is 13.8. The van der Waals surface area contributed by atoms with Gasteiger partial charge in [-0.1, -0.05) is 23.8 Å². The van der Waals surface area contributed by atoms with Gasteiger partial charge in [-0.2, -0.15) is 13.2 Å².